The first-order valence-corrected chi connectivity index (χ1v) is 3.23. The fourth-order valence-corrected chi connectivity index (χ4v) is 0.929. The maximum absolute atomic E-state index is 5.65. The van der Waals surface area contributed by atoms with Crippen LogP contribution in [0.2, 0.25) is 0 Å². The van der Waals surface area contributed by atoms with E-state index < -0.39 is 0 Å². The molecule has 0 bridgehead atoms. The smallest absolute Gasteiger partial charge is 0.0480 e. The highest BCUT2D eigenvalue weighted by Gasteiger charge is 2.05. The zero-order valence-electron chi connectivity index (χ0n) is 5.10. The van der Waals surface area contributed by atoms with E-state index in [1.54, 1.807) is 0 Å². The van der Waals surface area contributed by atoms with Gasteiger partial charge in [0.2, 0.25) is 0 Å². The van der Waals surface area contributed by atoms with E-state index in [4.69, 9.17) is 10.5 Å². The molecular formula is C6H13NO. The number of nitrogens with two attached hydrogens (primary N) is 1. The molecule has 0 spiro atoms. The van der Waals surface area contributed by atoms with Crippen LogP contribution in [0.25, 0.3) is 0 Å². The fraction of sp³-hybridized carbons (Fsp3) is 1.00. The Bertz CT molecular complexity index is 57.5. The lowest BCUT2D eigenvalue weighted by molar-refractivity contribution is 0.143. The zero-order valence-corrected chi connectivity index (χ0v) is 5.10. The highest BCUT2D eigenvalue weighted by Crippen LogP contribution is 2.04. The van der Waals surface area contributed by atoms with E-state index in [1.807, 2.05) is 0 Å². The lowest BCUT2D eigenvalue weighted by atomic mass is 10.1. The predicted molar refractivity (Wildman–Crippen MR) is 32.6 cm³/mol. The lowest BCUT2D eigenvalue weighted by Crippen LogP contribution is -2.19. The van der Waals surface area contributed by atoms with E-state index in [-0.39, 0.29) is 0 Å². The molecule has 0 amide bonds. The van der Waals surface area contributed by atoms with Gasteiger partial charge in [-0.3, -0.25) is 0 Å². The van der Waals surface area contributed by atoms with Gasteiger partial charge in [0, 0.05) is 19.3 Å². The van der Waals surface area contributed by atoms with Crippen molar-refractivity contribution in [3.63, 3.8) is 0 Å². The van der Waals surface area contributed by atoms with Crippen molar-refractivity contribution in [2.45, 2.75) is 25.3 Å². The minimum atomic E-state index is 0.400. The monoisotopic (exact) mass is 115 g/mol. The van der Waals surface area contributed by atoms with E-state index in [0.29, 0.717) is 6.04 Å². The van der Waals surface area contributed by atoms with E-state index in [9.17, 15) is 0 Å². The summed E-state index contributed by atoms with van der Waals surface area (Å²) < 4.78 is 5.18. The Morgan fingerprint density at radius 3 is 3.00 bits per heavy atom. The average Bonchev–Trinajstić information content (AvgIpc) is 1.94. The van der Waals surface area contributed by atoms with Crippen molar-refractivity contribution >= 4 is 0 Å². The molecule has 0 aromatic rings. The highest BCUT2D eigenvalue weighted by atomic mass is 16.5. The number of hydrogen-bond donors (Lipinski definition) is 1. The van der Waals surface area contributed by atoms with Gasteiger partial charge in [-0.25, -0.2) is 0 Å². The summed E-state index contributed by atoms with van der Waals surface area (Å²) in [5.74, 6) is 0. The Morgan fingerprint density at radius 1 is 1.25 bits per heavy atom. The van der Waals surface area contributed by atoms with Crippen molar-refractivity contribution in [1.29, 1.82) is 0 Å². The van der Waals surface area contributed by atoms with Crippen molar-refractivity contribution in [2.75, 3.05) is 13.2 Å². The minimum Gasteiger partial charge on any atom is -0.381 e. The molecule has 0 saturated carbocycles. The highest BCUT2D eigenvalue weighted by molar-refractivity contribution is 4.62. The molecule has 0 aromatic heterocycles. The quantitative estimate of drug-likeness (QED) is 0.499. The second-order valence-corrected chi connectivity index (χ2v) is 2.30. The summed E-state index contributed by atoms with van der Waals surface area (Å²) in [5.41, 5.74) is 5.65. The maximum Gasteiger partial charge on any atom is 0.0480 e. The molecule has 1 aliphatic rings. The Labute approximate surface area is 50.0 Å². The fourth-order valence-electron chi connectivity index (χ4n) is 0.929. The van der Waals surface area contributed by atoms with Crippen molar-refractivity contribution in [2.24, 2.45) is 5.73 Å². The number of rotatable bonds is 0. The normalized spacial score (nSPS) is 31.9. The van der Waals surface area contributed by atoms with Crippen molar-refractivity contribution < 1.29 is 4.74 Å². The molecule has 2 heteroatoms. The third-order valence-electron chi connectivity index (χ3n) is 1.50. The summed E-state index contributed by atoms with van der Waals surface area (Å²) in [6.45, 7) is 1.77. The standard InChI is InChI=1S/C6H13NO/c7-6-2-1-4-8-5-3-6/h6H,1-5,7H2. The molecule has 1 rings (SSSR count). The SMILES string of the molecule is NC1CCCOCC1. The Balaban J connectivity index is 2.17. The zero-order chi connectivity index (χ0) is 5.82. The molecule has 48 valence electrons. The molecule has 2 N–H and O–H groups in total. The molecule has 1 saturated heterocycles. The minimum absolute atomic E-state index is 0.400. The van der Waals surface area contributed by atoms with Gasteiger partial charge in [-0.15, -0.1) is 0 Å². The molecule has 1 heterocycles. The van der Waals surface area contributed by atoms with Gasteiger partial charge in [0.15, 0.2) is 0 Å². The molecule has 0 radical (unpaired) electrons. The van der Waals surface area contributed by atoms with E-state index in [0.717, 1.165) is 32.5 Å². The summed E-state index contributed by atoms with van der Waals surface area (Å²) in [4.78, 5) is 0. The van der Waals surface area contributed by atoms with Crippen LogP contribution in [-0.4, -0.2) is 19.3 Å². The summed E-state index contributed by atoms with van der Waals surface area (Å²) in [7, 11) is 0. The number of ether oxygens (including phenoxy) is 1. The van der Waals surface area contributed by atoms with Crippen molar-refractivity contribution in [3.05, 3.63) is 0 Å². The van der Waals surface area contributed by atoms with Crippen molar-refractivity contribution in [3.8, 4) is 0 Å². The Morgan fingerprint density at radius 2 is 2.12 bits per heavy atom. The summed E-state index contributed by atoms with van der Waals surface area (Å²) in [6, 6.07) is 0.400. The van der Waals surface area contributed by atoms with Gasteiger partial charge < -0.3 is 10.5 Å². The van der Waals surface area contributed by atoms with Gasteiger partial charge in [-0.1, -0.05) is 0 Å². The van der Waals surface area contributed by atoms with Crippen LogP contribution in [0.15, 0.2) is 0 Å². The van der Waals surface area contributed by atoms with Gasteiger partial charge >= 0.3 is 0 Å². The van der Waals surface area contributed by atoms with Gasteiger partial charge in [0.25, 0.3) is 0 Å². The second-order valence-electron chi connectivity index (χ2n) is 2.30. The molecule has 0 aliphatic carbocycles. The Kier molecular flexibility index (Phi) is 2.30. The molecule has 8 heavy (non-hydrogen) atoms. The van der Waals surface area contributed by atoms with Crippen LogP contribution in [0.4, 0.5) is 0 Å². The first-order chi connectivity index (χ1) is 3.89. The second kappa shape index (κ2) is 3.05. The summed E-state index contributed by atoms with van der Waals surface area (Å²) in [5, 5.41) is 0. The predicted octanol–water partition coefficient (Wildman–Crippen LogP) is 0.514. The molecule has 1 unspecified atom stereocenters. The topological polar surface area (TPSA) is 35.2 Å². The van der Waals surface area contributed by atoms with Gasteiger partial charge in [0.05, 0.1) is 0 Å². The van der Waals surface area contributed by atoms with Crippen LogP contribution in [0, 0.1) is 0 Å². The van der Waals surface area contributed by atoms with Gasteiger partial charge in [-0.2, -0.15) is 0 Å². The molecule has 1 fully saturated rings. The van der Waals surface area contributed by atoms with Crippen LogP contribution in [0.5, 0.6) is 0 Å². The summed E-state index contributed by atoms with van der Waals surface area (Å²) in [6.07, 6.45) is 3.32. The van der Waals surface area contributed by atoms with Gasteiger partial charge in [0.1, 0.15) is 0 Å². The van der Waals surface area contributed by atoms with Crippen LogP contribution in [0.1, 0.15) is 19.3 Å². The van der Waals surface area contributed by atoms with E-state index in [2.05, 4.69) is 0 Å². The molecule has 0 aromatic carbocycles. The third kappa shape index (κ3) is 1.80. The number of hydrogen-bond acceptors (Lipinski definition) is 2. The largest absolute Gasteiger partial charge is 0.381 e. The molecule has 1 atom stereocenters. The molecular weight excluding hydrogens is 102 g/mol. The third-order valence-corrected chi connectivity index (χ3v) is 1.50. The maximum atomic E-state index is 5.65. The lowest BCUT2D eigenvalue weighted by Gasteiger charge is -2.02. The van der Waals surface area contributed by atoms with Crippen LogP contribution >= 0.6 is 0 Å². The van der Waals surface area contributed by atoms with Crippen LogP contribution in [0.3, 0.4) is 0 Å². The Hall–Kier alpha value is -0.0800. The van der Waals surface area contributed by atoms with Crippen LogP contribution in [-0.2, 0) is 4.74 Å². The van der Waals surface area contributed by atoms with E-state index >= 15 is 0 Å². The average molecular weight is 115 g/mol. The van der Waals surface area contributed by atoms with Crippen molar-refractivity contribution in [1.82, 2.24) is 0 Å². The van der Waals surface area contributed by atoms with Gasteiger partial charge in [-0.05, 0) is 19.3 Å². The molecule has 2 nitrogen and oxygen atoms in total. The van der Waals surface area contributed by atoms with E-state index in [1.165, 1.54) is 0 Å². The summed E-state index contributed by atoms with van der Waals surface area (Å²) >= 11 is 0. The first kappa shape index (κ1) is 6.05. The van der Waals surface area contributed by atoms with Crippen LogP contribution < -0.4 is 5.73 Å². The first-order valence-electron chi connectivity index (χ1n) is 3.23. The molecule has 1 aliphatic heterocycles.